The molecule has 2 unspecified atom stereocenters. The average Bonchev–Trinajstić information content (AvgIpc) is 2.95. The Balaban J connectivity index is 1.77. The van der Waals surface area contributed by atoms with Crippen molar-refractivity contribution in [3.8, 4) is 6.07 Å². The Morgan fingerprint density at radius 1 is 1.38 bits per heavy atom. The van der Waals surface area contributed by atoms with Crippen LogP contribution in [-0.2, 0) is 4.79 Å². The first kappa shape index (κ1) is 17.9. The third kappa shape index (κ3) is 3.39. The number of amides is 1. The summed E-state index contributed by atoms with van der Waals surface area (Å²) in [6, 6.07) is 7.72. The molecule has 1 amide bonds. The maximum atomic E-state index is 13.5. The fraction of sp³-hybridized carbons (Fsp3) is 0.333. The number of likely N-dealkylation sites (tertiary alicyclic amines) is 1. The molecule has 6 nitrogen and oxygen atoms in total. The number of ketones is 1. The maximum absolute atomic E-state index is 13.5. The Hall–Kier alpha value is -2.92. The number of nitrogens with zero attached hydrogens (tertiary/aromatic N) is 3. The topological polar surface area (TPSA) is 100 Å². The van der Waals surface area contributed by atoms with Crippen LogP contribution >= 0.6 is 0 Å². The van der Waals surface area contributed by atoms with Crippen LogP contribution in [0.2, 0.25) is 0 Å². The molecule has 2 atom stereocenters. The number of fused-ring (bicyclic) bond motifs is 1. The number of hydrogen-bond acceptors (Lipinski definition) is 5. The molecule has 2 N–H and O–H groups in total. The lowest BCUT2D eigenvalue weighted by atomic mass is 10.00. The molecule has 26 heavy (non-hydrogen) atoms. The van der Waals surface area contributed by atoms with Gasteiger partial charge in [-0.25, -0.2) is 8.78 Å². The Morgan fingerprint density at radius 2 is 2.12 bits per heavy atom. The highest BCUT2D eigenvalue weighted by atomic mass is 19.3. The van der Waals surface area contributed by atoms with Gasteiger partial charge in [-0.1, -0.05) is 18.2 Å². The lowest BCUT2D eigenvalue weighted by Crippen LogP contribution is -2.47. The average molecular weight is 358 g/mol. The first-order valence-corrected chi connectivity index (χ1v) is 8.03. The zero-order valence-corrected chi connectivity index (χ0v) is 13.7. The molecule has 1 saturated heterocycles. The minimum Gasteiger partial charge on any atom is -0.320 e. The smallest absolute Gasteiger partial charge is 0.268 e. The largest absolute Gasteiger partial charge is 0.320 e. The molecule has 1 aromatic carbocycles. The molecule has 1 aliphatic heterocycles. The van der Waals surface area contributed by atoms with Gasteiger partial charge in [0.05, 0.1) is 24.2 Å². The number of rotatable bonds is 4. The molecule has 0 bridgehead atoms. The minimum absolute atomic E-state index is 0.340. The standard InChI is InChI=1S/C18H16F2N4O2/c19-18(20)8-11(9-21)24(10-18)17(26)14(22)7-16(25)13-5-6-23-15-4-2-1-3-12(13)15/h1-6,11,14H,7-8,10,22H2. The molecular formula is C18H16F2N4O2. The van der Waals surface area contributed by atoms with E-state index < -0.39 is 36.9 Å². The second-order valence-electron chi connectivity index (χ2n) is 6.28. The van der Waals surface area contributed by atoms with E-state index in [9.17, 15) is 18.4 Å². The fourth-order valence-electron chi connectivity index (χ4n) is 3.11. The molecule has 1 fully saturated rings. The van der Waals surface area contributed by atoms with E-state index in [-0.39, 0.29) is 12.2 Å². The van der Waals surface area contributed by atoms with Gasteiger partial charge < -0.3 is 10.6 Å². The van der Waals surface area contributed by atoms with Crippen molar-refractivity contribution in [3.05, 3.63) is 42.1 Å². The molecule has 0 radical (unpaired) electrons. The van der Waals surface area contributed by atoms with E-state index in [2.05, 4.69) is 4.98 Å². The second-order valence-corrected chi connectivity index (χ2v) is 6.28. The first-order valence-electron chi connectivity index (χ1n) is 8.03. The number of pyridine rings is 1. The van der Waals surface area contributed by atoms with Crippen LogP contribution in [0.3, 0.4) is 0 Å². The summed E-state index contributed by atoms with van der Waals surface area (Å²) in [5.74, 6) is -4.33. The highest BCUT2D eigenvalue weighted by molar-refractivity contribution is 6.08. The normalized spacial score (nSPS) is 19.9. The van der Waals surface area contributed by atoms with Gasteiger partial charge in [0.15, 0.2) is 5.78 Å². The number of nitriles is 1. The van der Waals surface area contributed by atoms with Crippen LogP contribution < -0.4 is 5.73 Å². The predicted octanol–water partition coefficient (Wildman–Crippen LogP) is 1.89. The van der Waals surface area contributed by atoms with Gasteiger partial charge in [0, 0.05) is 30.0 Å². The van der Waals surface area contributed by atoms with Gasteiger partial charge in [0.1, 0.15) is 6.04 Å². The summed E-state index contributed by atoms with van der Waals surface area (Å²) in [5.41, 5.74) is 6.79. The minimum atomic E-state index is -3.12. The number of aromatic nitrogens is 1. The van der Waals surface area contributed by atoms with Crippen LogP contribution in [0.25, 0.3) is 10.9 Å². The molecule has 1 aromatic heterocycles. The lowest BCUT2D eigenvalue weighted by Gasteiger charge is -2.22. The zero-order chi connectivity index (χ0) is 18.9. The van der Waals surface area contributed by atoms with Gasteiger partial charge in [-0.05, 0) is 12.1 Å². The van der Waals surface area contributed by atoms with Crippen LogP contribution in [0.5, 0.6) is 0 Å². The SMILES string of the molecule is N#CC1CC(F)(F)CN1C(=O)C(N)CC(=O)c1ccnc2ccccc12. The van der Waals surface area contributed by atoms with Gasteiger partial charge in [0.2, 0.25) is 5.91 Å². The third-order valence-electron chi connectivity index (χ3n) is 4.37. The Kier molecular flexibility index (Phi) is 4.66. The summed E-state index contributed by atoms with van der Waals surface area (Å²) < 4.78 is 27.0. The van der Waals surface area contributed by atoms with Crippen molar-refractivity contribution in [2.24, 2.45) is 5.73 Å². The number of halogens is 2. The number of alkyl halides is 2. The number of nitrogens with two attached hydrogens (primary N) is 1. The van der Waals surface area contributed by atoms with E-state index >= 15 is 0 Å². The van der Waals surface area contributed by atoms with Crippen molar-refractivity contribution in [2.75, 3.05) is 6.54 Å². The first-order chi connectivity index (χ1) is 12.3. The van der Waals surface area contributed by atoms with Crippen molar-refractivity contribution in [2.45, 2.75) is 30.8 Å². The third-order valence-corrected chi connectivity index (χ3v) is 4.37. The van der Waals surface area contributed by atoms with Crippen molar-refractivity contribution in [1.29, 1.82) is 5.26 Å². The van der Waals surface area contributed by atoms with Gasteiger partial charge in [-0.3, -0.25) is 14.6 Å². The predicted molar refractivity (Wildman–Crippen MR) is 89.3 cm³/mol. The van der Waals surface area contributed by atoms with Crippen LogP contribution in [0.4, 0.5) is 8.78 Å². The van der Waals surface area contributed by atoms with Crippen molar-refractivity contribution < 1.29 is 18.4 Å². The van der Waals surface area contributed by atoms with E-state index in [4.69, 9.17) is 11.0 Å². The van der Waals surface area contributed by atoms with Gasteiger partial charge >= 0.3 is 0 Å². The van der Waals surface area contributed by atoms with E-state index in [1.54, 1.807) is 30.3 Å². The monoisotopic (exact) mass is 358 g/mol. The Bertz CT molecular complexity index is 904. The van der Waals surface area contributed by atoms with E-state index in [0.717, 1.165) is 4.90 Å². The van der Waals surface area contributed by atoms with E-state index in [0.29, 0.717) is 16.5 Å². The fourth-order valence-corrected chi connectivity index (χ4v) is 3.11. The summed E-state index contributed by atoms with van der Waals surface area (Å²) in [6.07, 6.45) is 0.424. The zero-order valence-electron chi connectivity index (χ0n) is 13.7. The van der Waals surface area contributed by atoms with Crippen LogP contribution in [0.15, 0.2) is 36.5 Å². The summed E-state index contributed by atoms with van der Waals surface area (Å²) >= 11 is 0. The number of Topliss-reactive ketones (excluding diaryl/α,β-unsaturated/α-hetero) is 1. The second kappa shape index (κ2) is 6.77. The van der Waals surface area contributed by atoms with Gasteiger partial charge in [0.25, 0.3) is 5.92 Å². The van der Waals surface area contributed by atoms with Crippen LogP contribution in [0.1, 0.15) is 23.2 Å². The maximum Gasteiger partial charge on any atom is 0.268 e. The van der Waals surface area contributed by atoms with Crippen molar-refractivity contribution in [1.82, 2.24) is 9.88 Å². The van der Waals surface area contributed by atoms with E-state index in [1.807, 2.05) is 0 Å². The molecular weight excluding hydrogens is 342 g/mol. The molecule has 3 rings (SSSR count). The highest BCUT2D eigenvalue weighted by Gasteiger charge is 2.48. The number of carbonyl (C=O) groups excluding carboxylic acids is 2. The van der Waals surface area contributed by atoms with Crippen LogP contribution in [-0.4, -0.2) is 46.1 Å². The molecule has 2 heterocycles. The Morgan fingerprint density at radius 3 is 2.85 bits per heavy atom. The van der Waals surface area contributed by atoms with E-state index in [1.165, 1.54) is 12.3 Å². The Labute approximate surface area is 148 Å². The number of hydrogen-bond donors (Lipinski definition) is 1. The molecule has 0 saturated carbocycles. The van der Waals surface area contributed by atoms with Gasteiger partial charge in [-0.15, -0.1) is 0 Å². The molecule has 134 valence electrons. The number of carbonyl (C=O) groups is 2. The summed E-state index contributed by atoms with van der Waals surface area (Å²) in [4.78, 5) is 29.9. The molecule has 0 spiro atoms. The highest BCUT2D eigenvalue weighted by Crippen LogP contribution is 2.32. The van der Waals surface area contributed by atoms with Gasteiger partial charge in [-0.2, -0.15) is 5.26 Å². The molecule has 1 aliphatic rings. The number of para-hydroxylation sites is 1. The van der Waals surface area contributed by atoms with Crippen molar-refractivity contribution in [3.63, 3.8) is 0 Å². The summed E-state index contributed by atoms with van der Waals surface area (Å²) in [7, 11) is 0. The lowest BCUT2D eigenvalue weighted by molar-refractivity contribution is -0.133. The number of benzene rings is 1. The van der Waals surface area contributed by atoms with Crippen LogP contribution in [0, 0.1) is 11.3 Å². The summed E-state index contributed by atoms with van der Waals surface area (Å²) in [5, 5.41) is 9.61. The summed E-state index contributed by atoms with van der Waals surface area (Å²) in [6.45, 7) is -0.857. The molecule has 0 aliphatic carbocycles. The molecule has 2 aromatic rings. The van der Waals surface area contributed by atoms with Crippen molar-refractivity contribution >= 4 is 22.6 Å². The molecule has 8 heteroatoms. The quantitative estimate of drug-likeness (QED) is 0.842.